The summed E-state index contributed by atoms with van der Waals surface area (Å²) >= 11 is 0. The van der Waals surface area contributed by atoms with E-state index < -0.39 is 26.6 Å². The summed E-state index contributed by atoms with van der Waals surface area (Å²) in [6.07, 6.45) is 22.1. The van der Waals surface area contributed by atoms with Crippen LogP contribution in [0.5, 0.6) is 0 Å². The molecular weight excluding hydrogens is 361 g/mol. The summed E-state index contributed by atoms with van der Waals surface area (Å²) < 4.78 is 3.66. The highest BCUT2D eigenvalue weighted by Crippen LogP contribution is 2.20. The van der Waals surface area contributed by atoms with E-state index in [9.17, 15) is 9.69 Å². The molecule has 27 heavy (non-hydrogen) atoms. The van der Waals surface area contributed by atoms with Crippen LogP contribution in [0.4, 0.5) is 0 Å². The van der Waals surface area contributed by atoms with Crippen LogP contribution in [0.25, 0.3) is 0 Å². The van der Waals surface area contributed by atoms with Crippen molar-refractivity contribution < 1.29 is 19.9 Å². The van der Waals surface area contributed by atoms with Gasteiger partial charge in [0.2, 0.25) is 6.04 Å². The lowest BCUT2D eigenvalue weighted by Crippen LogP contribution is -2.21. The average molecular weight is 402 g/mol. The zero-order valence-electron chi connectivity index (χ0n) is 17.2. The predicted octanol–water partition coefficient (Wildman–Crippen LogP) is 5.41. The maximum absolute atomic E-state index is 11.7. The lowest BCUT2D eigenvalue weighted by molar-refractivity contribution is -0.157. The monoisotopic (exact) mass is 401 g/mol. The smallest absolute Gasteiger partial charge is 0.335 e. The Morgan fingerprint density at radius 2 is 1.41 bits per heavy atom. The Kier molecular flexibility index (Phi) is 19.4. The van der Waals surface area contributed by atoms with E-state index in [2.05, 4.69) is 23.8 Å². The molecule has 5 nitrogen and oxygen atoms in total. The third kappa shape index (κ3) is 18.4. The van der Waals surface area contributed by atoms with Gasteiger partial charge in [0.25, 0.3) is 0 Å². The van der Waals surface area contributed by atoms with Crippen LogP contribution in [0.15, 0.2) is 16.9 Å². The van der Waals surface area contributed by atoms with Gasteiger partial charge in [0.1, 0.15) is 6.16 Å². The van der Waals surface area contributed by atoms with Gasteiger partial charge in [0, 0.05) is 0 Å². The number of carbonyl (C=O) groups is 1. The van der Waals surface area contributed by atoms with Gasteiger partial charge in [0.05, 0.1) is 6.61 Å². The average Bonchev–Trinajstić information content (AvgIpc) is 2.65. The van der Waals surface area contributed by atoms with Crippen molar-refractivity contribution in [3.63, 3.8) is 0 Å². The Morgan fingerprint density at radius 1 is 0.926 bits per heavy atom. The molecule has 158 valence electrons. The number of carboxylic acid groups (broad SMARTS) is 1. The van der Waals surface area contributed by atoms with E-state index in [4.69, 9.17) is 10.2 Å². The molecule has 0 saturated carbocycles. The topological polar surface area (TPSA) is 93.0 Å². The zero-order valence-corrected chi connectivity index (χ0v) is 18.0. The fraction of sp³-hybridized carbons (Fsp3) is 0.857. The SMILES string of the molecule is CCCCCC/C=C/CCCCCCCCCC[P+]([O-])=N[C@@H](CO)C(=O)O. The molecule has 0 aromatic heterocycles. The molecule has 6 heteroatoms. The summed E-state index contributed by atoms with van der Waals surface area (Å²) in [7, 11) is -1.87. The number of carboxylic acids is 1. The van der Waals surface area contributed by atoms with E-state index in [1.165, 1.54) is 70.6 Å². The molecular formula is C21H40NO4P. The van der Waals surface area contributed by atoms with Crippen LogP contribution in [0.3, 0.4) is 0 Å². The summed E-state index contributed by atoms with van der Waals surface area (Å²) in [5, 5.41) is 17.6. The number of allylic oxidation sites excluding steroid dienone is 2. The van der Waals surface area contributed by atoms with Crippen LogP contribution in [-0.2, 0) is 4.79 Å². The number of nitrogens with zero attached hydrogens (tertiary/aromatic N) is 1. The van der Waals surface area contributed by atoms with E-state index in [1.54, 1.807) is 0 Å². The summed E-state index contributed by atoms with van der Waals surface area (Å²) in [6.45, 7) is 1.65. The van der Waals surface area contributed by atoms with Crippen molar-refractivity contribution in [2.24, 2.45) is 4.74 Å². The van der Waals surface area contributed by atoms with Crippen molar-refractivity contribution in [2.45, 2.75) is 103 Å². The van der Waals surface area contributed by atoms with Crippen LogP contribution < -0.4 is 4.89 Å². The first-order valence-electron chi connectivity index (χ1n) is 10.8. The summed E-state index contributed by atoms with van der Waals surface area (Å²) in [4.78, 5) is 22.4. The second-order valence-electron chi connectivity index (χ2n) is 7.17. The number of aliphatic carboxylic acids is 1. The molecule has 0 aliphatic rings. The molecule has 0 rings (SSSR count). The first kappa shape index (κ1) is 26.2. The normalized spacial score (nSPS) is 13.4. The van der Waals surface area contributed by atoms with E-state index in [0.717, 1.165) is 19.3 Å². The summed E-state index contributed by atoms with van der Waals surface area (Å²) in [6, 6.07) is -1.25. The molecule has 0 aromatic carbocycles. The molecule has 0 amide bonds. The van der Waals surface area contributed by atoms with Crippen LogP contribution in [0.2, 0.25) is 0 Å². The number of aliphatic hydroxyl groups excluding tert-OH is 1. The van der Waals surface area contributed by atoms with E-state index >= 15 is 0 Å². The lowest BCUT2D eigenvalue weighted by atomic mass is 10.1. The molecule has 1 unspecified atom stereocenters. The van der Waals surface area contributed by atoms with Gasteiger partial charge < -0.3 is 15.1 Å². The van der Waals surface area contributed by atoms with Gasteiger partial charge in [-0.2, -0.15) is 0 Å². The minimum Gasteiger partial charge on any atom is -0.612 e. The first-order valence-corrected chi connectivity index (χ1v) is 12.2. The molecule has 0 spiro atoms. The second kappa shape index (κ2) is 20.0. The molecule has 0 heterocycles. The van der Waals surface area contributed by atoms with Crippen LogP contribution in [-0.4, -0.2) is 35.0 Å². The number of unbranched alkanes of at least 4 members (excludes halogenated alkanes) is 12. The third-order valence-electron chi connectivity index (χ3n) is 4.59. The van der Waals surface area contributed by atoms with Gasteiger partial charge >= 0.3 is 5.97 Å². The minimum atomic E-state index is -1.87. The quantitative estimate of drug-likeness (QED) is 0.172. The Bertz CT molecular complexity index is 413. The van der Waals surface area contributed by atoms with Crippen molar-refractivity contribution in [1.82, 2.24) is 0 Å². The van der Waals surface area contributed by atoms with Crippen molar-refractivity contribution in [3.05, 3.63) is 12.2 Å². The Hall–Kier alpha value is -0.770. The lowest BCUT2D eigenvalue weighted by Gasteiger charge is -2.03. The maximum Gasteiger partial charge on any atom is 0.335 e. The van der Waals surface area contributed by atoms with Gasteiger partial charge in [-0.1, -0.05) is 75.2 Å². The number of hydrogen-bond donors (Lipinski definition) is 2. The molecule has 0 radical (unpaired) electrons. The Morgan fingerprint density at radius 3 is 1.89 bits per heavy atom. The summed E-state index contributed by atoms with van der Waals surface area (Å²) in [5.74, 6) is -1.22. The molecule has 0 fully saturated rings. The second-order valence-corrected chi connectivity index (χ2v) is 8.55. The Balaban J connectivity index is 3.39. The van der Waals surface area contributed by atoms with E-state index in [1.807, 2.05) is 0 Å². The van der Waals surface area contributed by atoms with Gasteiger partial charge in [-0.25, -0.2) is 4.79 Å². The third-order valence-corrected chi connectivity index (χ3v) is 5.82. The highest BCUT2D eigenvalue weighted by Gasteiger charge is 2.18. The largest absolute Gasteiger partial charge is 0.612 e. The van der Waals surface area contributed by atoms with Crippen molar-refractivity contribution >= 4 is 13.9 Å². The van der Waals surface area contributed by atoms with Crippen LogP contribution >= 0.6 is 7.94 Å². The molecule has 0 bridgehead atoms. The van der Waals surface area contributed by atoms with E-state index in [0.29, 0.717) is 6.16 Å². The molecule has 2 atom stereocenters. The van der Waals surface area contributed by atoms with Crippen LogP contribution in [0.1, 0.15) is 96.8 Å². The molecule has 0 aliphatic heterocycles. The fourth-order valence-corrected chi connectivity index (χ4v) is 3.96. The van der Waals surface area contributed by atoms with Gasteiger partial charge in [-0.3, -0.25) is 0 Å². The van der Waals surface area contributed by atoms with Crippen molar-refractivity contribution in [3.8, 4) is 0 Å². The van der Waals surface area contributed by atoms with Gasteiger partial charge in [0.15, 0.2) is 7.94 Å². The fourth-order valence-electron chi connectivity index (χ4n) is 2.87. The molecule has 0 aliphatic carbocycles. The summed E-state index contributed by atoms with van der Waals surface area (Å²) in [5.41, 5.74) is 0. The Labute approximate surface area is 166 Å². The highest BCUT2D eigenvalue weighted by atomic mass is 31.1. The maximum atomic E-state index is 11.7. The number of hydrogen-bond acceptors (Lipinski definition) is 4. The molecule has 0 aromatic rings. The highest BCUT2D eigenvalue weighted by molar-refractivity contribution is 7.39. The zero-order chi connectivity index (χ0) is 20.2. The van der Waals surface area contributed by atoms with Crippen molar-refractivity contribution in [1.29, 1.82) is 0 Å². The number of aliphatic hydroxyl groups is 1. The minimum absolute atomic E-state index is 0.421. The first-order chi connectivity index (χ1) is 13.1. The van der Waals surface area contributed by atoms with Gasteiger partial charge in [-0.15, -0.1) is 0 Å². The van der Waals surface area contributed by atoms with Gasteiger partial charge in [-0.05, 0) is 38.5 Å². The number of rotatable bonds is 19. The van der Waals surface area contributed by atoms with Crippen LogP contribution in [0, 0.1) is 0 Å². The predicted molar refractivity (Wildman–Crippen MR) is 112 cm³/mol. The standard InChI is InChI=1S/C21H40NO4P/c1-2-3-4-5-6-7-8-9-10-11-12-13-14-15-16-17-18-27(26)22-20(19-23)21(24)25/h7-8,20,23H,2-6,9-19H2,1H3,(H,24,25)/b8-7+/t20-/m0/s1. The molecule has 2 N–H and O–H groups in total. The molecule has 0 saturated heterocycles. The van der Waals surface area contributed by atoms with E-state index in [-0.39, 0.29) is 0 Å². The van der Waals surface area contributed by atoms with Crippen molar-refractivity contribution in [2.75, 3.05) is 12.8 Å².